The second-order valence-electron chi connectivity index (χ2n) is 7.03. The number of nitrogens with zero attached hydrogens (tertiary/aromatic N) is 3. The first kappa shape index (κ1) is 23.8. The summed E-state index contributed by atoms with van der Waals surface area (Å²) < 4.78 is 0. The van der Waals surface area contributed by atoms with E-state index in [4.69, 9.17) is 0 Å². The number of hydrogen-bond acceptors (Lipinski definition) is 5. The number of amides is 2. The second kappa shape index (κ2) is 12.3. The zero-order chi connectivity index (χ0) is 16.8. The first-order valence-electron chi connectivity index (χ1n) is 9.31. The molecule has 0 spiro atoms. The van der Waals surface area contributed by atoms with E-state index >= 15 is 0 Å². The van der Waals surface area contributed by atoms with Crippen LogP contribution in [0.3, 0.4) is 0 Å². The number of carbonyl (C=O) groups excluding carboxylic acids is 2. The molecule has 3 fully saturated rings. The van der Waals surface area contributed by atoms with Gasteiger partial charge < -0.3 is 15.1 Å². The Morgan fingerprint density at radius 1 is 0.885 bits per heavy atom. The summed E-state index contributed by atoms with van der Waals surface area (Å²) in [7, 11) is 0. The fourth-order valence-electron chi connectivity index (χ4n) is 3.73. The smallest absolute Gasteiger partial charge is 0.236 e. The van der Waals surface area contributed by atoms with E-state index < -0.39 is 0 Å². The van der Waals surface area contributed by atoms with Crippen LogP contribution < -0.4 is 5.32 Å². The molecule has 0 aromatic rings. The lowest BCUT2D eigenvalue weighted by molar-refractivity contribution is -0.131. The largest absolute Gasteiger partial charge is 0.342 e. The van der Waals surface area contributed by atoms with E-state index in [2.05, 4.69) is 10.2 Å². The quantitative estimate of drug-likeness (QED) is 0.728. The van der Waals surface area contributed by atoms with Crippen molar-refractivity contribution in [2.75, 3.05) is 63.9 Å². The number of halogens is 2. The van der Waals surface area contributed by atoms with Gasteiger partial charge >= 0.3 is 0 Å². The Morgan fingerprint density at radius 3 is 2.27 bits per heavy atom. The molecular weight excluding hydrogens is 395 g/mol. The molecule has 3 aliphatic heterocycles. The third-order valence-corrected chi connectivity index (χ3v) is 6.31. The zero-order valence-corrected chi connectivity index (χ0v) is 17.8. The van der Waals surface area contributed by atoms with Crippen molar-refractivity contribution in [3.63, 3.8) is 0 Å². The normalized spacial score (nSPS) is 24.4. The molecule has 6 nitrogen and oxygen atoms in total. The monoisotopic (exact) mass is 426 g/mol. The lowest BCUT2D eigenvalue weighted by Gasteiger charge is -2.27. The number of hydrogen-bond donors (Lipinski definition) is 1. The van der Waals surface area contributed by atoms with Crippen LogP contribution in [0.1, 0.15) is 25.7 Å². The summed E-state index contributed by atoms with van der Waals surface area (Å²) in [6.45, 7) is 6.68. The molecule has 3 rings (SSSR count). The molecule has 2 amide bonds. The molecule has 0 bridgehead atoms. The van der Waals surface area contributed by atoms with Crippen molar-refractivity contribution >= 4 is 48.4 Å². The van der Waals surface area contributed by atoms with E-state index in [0.29, 0.717) is 19.0 Å². The van der Waals surface area contributed by atoms with Gasteiger partial charge in [-0.15, -0.1) is 24.8 Å². The SMILES string of the molecule is Cl.Cl.O=C(CC1CSCCN1)N1CCCN(CC(=O)N2CCCC2)CC1. The fraction of sp³-hybridized carbons (Fsp3) is 0.882. The summed E-state index contributed by atoms with van der Waals surface area (Å²) in [6, 6.07) is 0.326. The van der Waals surface area contributed by atoms with Gasteiger partial charge in [-0.25, -0.2) is 0 Å². The summed E-state index contributed by atoms with van der Waals surface area (Å²) >= 11 is 1.93. The van der Waals surface area contributed by atoms with Crippen molar-refractivity contribution in [3.05, 3.63) is 0 Å². The highest BCUT2D eigenvalue weighted by atomic mass is 35.5. The predicted octanol–water partition coefficient (Wildman–Crippen LogP) is 1.08. The van der Waals surface area contributed by atoms with Gasteiger partial charge in [-0.1, -0.05) is 0 Å². The Hall–Kier alpha value is -0.210. The summed E-state index contributed by atoms with van der Waals surface area (Å²) in [5, 5.41) is 3.44. The number of nitrogens with one attached hydrogen (secondary N) is 1. The lowest BCUT2D eigenvalue weighted by atomic mass is 10.2. The minimum atomic E-state index is 0. The third kappa shape index (κ3) is 7.08. The van der Waals surface area contributed by atoms with Gasteiger partial charge in [0.1, 0.15) is 0 Å². The van der Waals surface area contributed by atoms with Crippen LogP contribution in [0, 0.1) is 0 Å². The summed E-state index contributed by atoms with van der Waals surface area (Å²) in [5.74, 6) is 2.71. The first-order chi connectivity index (χ1) is 11.7. The molecule has 26 heavy (non-hydrogen) atoms. The van der Waals surface area contributed by atoms with Crippen molar-refractivity contribution in [1.29, 1.82) is 0 Å². The van der Waals surface area contributed by atoms with Crippen molar-refractivity contribution in [2.24, 2.45) is 0 Å². The average molecular weight is 427 g/mol. The number of likely N-dealkylation sites (tertiary alicyclic amines) is 1. The molecule has 0 radical (unpaired) electrons. The molecule has 3 heterocycles. The Balaban J connectivity index is 0.00000169. The van der Waals surface area contributed by atoms with Crippen molar-refractivity contribution in [2.45, 2.75) is 31.7 Å². The Bertz CT molecular complexity index is 446. The van der Waals surface area contributed by atoms with E-state index in [9.17, 15) is 9.59 Å². The molecular formula is C17H32Cl2N4O2S. The highest BCUT2D eigenvalue weighted by Gasteiger charge is 2.25. The van der Waals surface area contributed by atoms with Crippen LogP contribution >= 0.6 is 36.6 Å². The minimum absolute atomic E-state index is 0. The topological polar surface area (TPSA) is 55.9 Å². The summed E-state index contributed by atoms with van der Waals surface area (Å²) in [5.41, 5.74) is 0. The maximum absolute atomic E-state index is 12.5. The molecule has 0 aliphatic carbocycles. The molecule has 0 saturated carbocycles. The van der Waals surface area contributed by atoms with Crippen LogP contribution in [0.25, 0.3) is 0 Å². The molecule has 3 aliphatic rings. The third-order valence-electron chi connectivity index (χ3n) is 5.18. The van der Waals surface area contributed by atoms with E-state index in [-0.39, 0.29) is 36.6 Å². The van der Waals surface area contributed by atoms with Crippen LogP contribution in [-0.4, -0.2) is 96.4 Å². The molecule has 152 valence electrons. The summed E-state index contributed by atoms with van der Waals surface area (Å²) in [4.78, 5) is 31.0. The van der Waals surface area contributed by atoms with Gasteiger partial charge in [-0.05, 0) is 19.3 Å². The Kier molecular flexibility index (Phi) is 11.3. The highest BCUT2D eigenvalue weighted by molar-refractivity contribution is 7.99. The van der Waals surface area contributed by atoms with Crippen LogP contribution in [0.4, 0.5) is 0 Å². The van der Waals surface area contributed by atoms with Gasteiger partial charge in [0, 0.05) is 69.8 Å². The maximum Gasteiger partial charge on any atom is 0.236 e. The zero-order valence-electron chi connectivity index (χ0n) is 15.4. The van der Waals surface area contributed by atoms with Gasteiger partial charge in [-0.3, -0.25) is 14.5 Å². The minimum Gasteiger partial charge on any atom is -0.342 e. The first-order valence-corrected chi connectivity index (χ1v) is 10.5. The predicted molar refractivity (Wildman–Crippen MR) is 112 cm³/mol. The lowest BCUT2D eigenvalue weighted by Crippen LogP contribution is -2.44. The van der Waals surface area contributed by atoms with Crippen LogP contribution in [0.5, 0.6) is 0 Å². The standard InChI is InChI=1S/C17H30N4O2S.2ClH/c22-16(12-15-14-24-11-4-18-15)21-8-3-5-19(9-10-21)13-17(23)20-6-1-2-7-20;;/h15,18H,1-14H2;2*1H. The van der Waals surface area contributed by atoms with E-state index in [1.807, 2.05) is 21.6 Å². The summed E-state index contributed by atoms with van der Waals surface area (Å²) in [6.07, 6.45) is 3.86. The average Bonchev–Trinajstić information content (AvgIpc) is 3.03. The highest BCUT2D eigenvalue weighted by Crippen LogP contribution is 2.13. The second-order valence-corrected chi connectivity index (χ2v) is 8.18. The van der Waals surface area contributed by atoms with Gasteiger partial charge in [0.05, 0.1) is 6.54 Å². The van der Waals surface area contributed by atoms with Gasteiger partial charge in [-0.2, -0.15) is 11.8 Å². The van der Waals surface area contributed by atoms with E-state index in [1.54, 1.807) is 0 Å². The number of carbonyl (C=O) groups is 2. The molecule has 1 unspecified atom stereocenters. The Labute approximate surface area is 173 Å². The molecule has 0 aromatic heterocycles. The molecule has 9 heteroatoms. The molecule has 0 aromatic carbocycles. The van der Waals surface area contributed by atoms with E-state index in [0.717, 1.165) is 76.6 Å². The molecule has 3 saturated heterocycles. The molecule has 1 atom stereocenters. The van der Waals surface area contributed by atoms with Crippen molar-refractivity contribution < 1.29 is 9.59 Å². The number of rotatable bonds is 4. The maximum atomic E-state index is 12.5. The van der Waals surface area contributed by atoms with E-state index in [1.165, 1.54) is 0 Å². The van der Waals surface area contributed by atoms with Crippen LogP contribution in [0.15, 0.2) is 0 Å². The number of thioether (sulfide) groups is 1. The Morgan fingerprint density at radius 2 is 1.58 bits per heavy atom. The van der Waals surface area contributed by atoms with Gasteiger partial charge in [0.2, 0.25) is 11.8 Å². The van der Waals surface area contributed by atoms with Crippen molar-refractivity contribution in [3.8, 4) is 0 Å². The van der Waals surface area contributed by atoms with Crippen LogP contribution in [-0.2, 0) is 9.59 Å². The van der Waals surface area contributed by atoms with Gasteiger partial charge in [0.25, 0.3) is 0 Å². The van der Waals surface area contributed by atoms with Gasteiger partial charge in [0.15, 0.2) is 0 Å². The van der Waals surface area contributed by atoms with Crippen LogP contribution in [0.2, 0.25) is 0 Å². The van der Waals surface area contributed by atoms with Crippen molar-refractivity contribution in [1.82, 2.24) is 20.0 Å². The molecule has 1 N–H and O–H groups in total. The fourth-order valence-corrected chi connectivity index (χ4v) is 4.68.